The minimum absolute atomic E-state index is 0. The molecular weight excluding hydrogens is 374 g/mol. The van der Waals surface area contributed by atoms with E-state index in [4.69, 9.17) is 5.41 Å². The molecule has 3 heterocycles. The maximum absolute atomic E-state index is 12.2. The fraction of sp³-hybridized carbons (Fsp3) is 0.211. The van der Waals surface area contributed by atoms with E-state index < -0.39 is 0 Å². The van der Waals surface area contributed by atoms with Crippen molar-refractivity contribution in [2.45, 2.75) is 26.8 Å². The summed E-state index contributed by atoms with van der Waals surface area (Å²) in [7, 11) is 0. The lowest BCUT2D eigenvalue weighted by Crippen LogP contribution is -2.31. The maximum Gasteiger partial charge on any atom is 0.320 e. The second-order valence-electron chi connectivity index (χ2n) is 6.22. The van der Waals surface area contributed by atoms with Crippen LogP contribution in [0.3, 0.4) is 0 Å². The van der Waals surface area contributed by atoms with Gasteiger partial charge in [-0.05, 0) is 39.0 Å². The molecule has 3 aromatic heterocycles. The number of nitrogens with one attached hydrogen (secondary N) is 4. The highest BCUT2D eigenvalue weighted by molar-refractivity contribution is 7.09. The first-order valence-electron chi connectivity index (χ1n) is 8.64. The second kappa shape index (κ2) is 8.57. The molecule has 0 saturated heterocycles. The molecule has 0 fully saturated rings. The number of hydrogen-bond acceptors (Lipinski definition) is 7. The van der Waals surface area contributed by atoms with Crippen molar-refractivity contribution in [1.82, 2.24) is 20.3 Å². The van der Waals surface area contributed by atoms with Gasteiger partial charge in [0.25, 0.3) is 0 Å². The first kappa shape index (κ1) is 19.4. The van der Waals surface area contributed by atoms with E-state index in [1.165, 1.54) is 6.21 Å². The summed E-state index contributed by atoms with van der Waals surface area (Å²) in [6.07, 6.45) is 4.50. The van der Waals surface area contributed by atoms with Crippen molar-refractivity contribution >= 4 is 40.8 Å². The SMILES string of the molecule is Cc1cc(Nc2cnc(NC(=O)NC(C)c3csc(C)n3)cc2C=N)ccn1.[HH].[HH]. The van der Waals surface area contributed by atoms with Gasteiger partial charge in [-0.15, -0.1) is 11.3 Å². The molecule has 1 atom stereocenters. The van der Waals surface area contributed by atoms with Gasteiger partial charge in [-0.3, -0.25) is 10.3 Å². The molecular formula is C19H25N7OS. The average molecular weight is 400 g/mol. The normalized spacial score (nSPS) is 11.5. The van der Waals surface area contributed by atoms with Gasteiger partial charge in [-0.25, -0.2) is 14.8 Å². The monoisotopic (exact) mass is 399 g/mol. The fourth-order valence-corrected chi connectivity index (χ4v) is 3.25. The van der Waals surface area contributed by atoms with Gasteiger partial charge in [0.2, 0.25) is 0 Å². The van der Waals surface area contributed by atoms with Gasteiger partial charge in [-0.2, -0.15) is 0 Å². The van der Waals surface area contributed by atoms with Gasteiger partial charge < -0.3 is 16.0 Å². The number of aryl methyl sites for hydroxylation is 2. The molecule has 0 aliphatic carbocycles. The molecule has 1 unspecified atom stereocenters. The summed E-state index contributed by atoms with van der Waals surface area (Å²) in [5, 5.41) is 19.3. The van der Waals surface area contributed by atoms with Crippen LogP contribution < -0.4 is 16.0 Å². The summed E-state index contributed by atoms with van der Waals surface area (Å²) in [4.78, 5) is 25.0. The molecule has 4 N–H and O–H groups in total. The Kier molecular flexibility index (Phi) is 5.95. The lowest BCUT2D eigenvalue weighted by Gasteiger charge is -2.14. The first-order valence-corrected chi connectivity index (χ1v) is 9.52. The molecule has 0 aromatic carbocycles. The lowest BCUT2D eigenvalue weighted by atomic mass is 10.2. The molecule has 0 aliphatic heterocycles. The Balaban J connectivity index is 0.00000225. The van der Waals surface area contributed by atoms with Crippen molar-refractivity contribution in [2.24, 2.45) is 0 Å². The molecule has 28 heavy (non-hydrogen) atoms. The molecule has 3 aromatic rings. The van der Waals surface area contributed by atoms with Crippen molar-refractivity contribution in [3.05, 3.63) is 57.9 Å². The Labute approximate surface area is 170 Å². The number of rotatable bonds is 6. The highest BCUT2D eigenvalue weighted by Gasteiger charge is 2.13. The number of aromatic nitrogens is 3. The van der Waals surface area contributed by atoms with Crippen molar-refractivity contribution < 1.29 is 7.65 Å². The third kappa shape index (κ3) is 4.89. The summed E-state index contributed by atoms with van der Waals surface area (Å²) in [6, 6.07) is 4.77. The number of thiazole rings is 1. The smallest absolute Gasteiger partial charge is 0.320 e. The van der Waals surface area contributed by atoms with Crippen LogP contribution in [0.4, 0.5) is 22.0 Å². The van der Waals surface area contributed by atoms with Crippen LogP contribution in [0.15, 0.2) is 36.0 Å². The summed E-state index contributed by atoms with van der Waals surface area (Å²) in [6.45, 7) is 5.70. The van der Waals surface area contributed by atoms with E-state index in [0.29, 0.717) is 17.1 Å². The molecule has 148 valence electrons. The highest BCUT2D eigenvalue weighted by Crippen LogP contribution is 2.22. The predicted octanol–water partition coefficient (Wildman–Crippen LogP) is 4.67. The minimum Gasteiger partial charge on any atom is -0.354 e. The molecule has 0 spiro atoms. The van der Waals surface area contributed by atoms with Crippen molar-refractivity contribution in [1.29, 1.82) is 5.41 Å². The molecule has 0 radical (unpaired) electrons. The van der Waals surface area contributed by atoms with E-state index in [1.54, 1.807) is 29.8 Å². The summed E-state index contributed by atoms with van der Waals surface area (Å²) < 4.78 is 0. The van der Waals surface area contributed by atoms with E-state index in [-0.39, 0.29) is 14.9 Å². The van der Waals surface area contributed by atoms with Gasteiger partial charge >= 0.3 is 6.03 Å². The van der Waals surface area contributed by atoms with Gasteiger partial charge in [-0.1, -0.05) is 0 Å². The van der Waals surface area contributed by atoms with Crippen LogP contribution in [0.1, 0.15) is 37.8 Å². The van der Waals surface area contributed by atoms with Crippen LogP contribution in [0, 0.1) is 19.3 Å². The first-order chi connectivity index (χ1) is 13.4. The average Bonchev–Trinajstić information content (AvgIpc) is 3.09. The van der Waals surface area contributed by atoms with Crippen LogP contribution in [0.25, 0.3) is 0 Å². The summed E-state index contributed by atoms with van der Waals surface area (Å²) >= 11 is 1.54. The molecule has 0 bridgehead atoms. The van der Waals surface area contributed by atoms with E-state index in [1.807, 2.05) is 38.3 Å². The van der Waals surface area contributed by atoms with E-state index in [9.17, 15) is 4.79 Å². The standard InChI is InChI=1S/C19H21N7OS.2H2/c1-11-6-15(4-5-21-11)25-16-9-22-18(7-14(16)8-20)26-19(27)23-12(2)17-10-28-13(3)24-17;;/h4-10,12,20H,1-3H3,(H,21,25)(H2,22,23,26,27);2*1H. The van der Waals surface area contributed by atoms with Gasteiger partial charge in [0.15, 0.2) is 0 Å². The number of pyridine rings is 2. The Bertz CT molecular complexity index is 1010. The number of carbonyl (C=O) groups is 1. The lowest BCUT2D eigenvalue weighted by molar-refractivity contribution is 0.249. The number of amides is 2. The number of anilines is 3. The van der Waals surface area contributed by atoms with E-state index in [2.05, 4.69) is 30.9 Å². The van der Waals surface area contributed by atoms with Crippen LogP contribution in [0.2, 0.25) is 0 Å². The molecule has 0 aliphatic rings. The largest absolute Gasteiger partial charge is 0.354 e. The van der Waals surface area contributed by atoms with Crippen LogP contribution in [-0.2, 0) is 0 Å². The van der Waals surface area contributed by atoms with Crippen LogP contribution in [0.5, 0.6) is 0 Å². The molecule has 0 saturated carbocycles. The Morgan fingerprint density at radius 2 is 2.14 bits per heavy atom. The fourth-order valence-electron chi connectivity index (χ4n) is 2.54. The number of nitrogens with zero attached hydrogens (tertiary/aromatic N) is 3. The third-order valence-electron chi connectivity index (χ3n) is 3.94. The van der Waals surface area contributed by atoms with Crippen molar-refractivity contribution in [3.8, 4) is 0 Å². The topological polar surface area (TPSA) is 116 Å². The summed E-state index contributed by atoms with van der Waals surface area (Å²) in [5.74, 6) is 0.356. The zero-order valence-corrected chi connectivity index (χ0v) is 16.6. The predicted molar refractivity (Wildman–Crippen MR) is 116 cm³/mol. The minimum atomic E-state index is -0.382. The van der Waals surface area contributed by atoms with Crippen molar-refractivity contribution in [2.75, 3.05) is 10.6 Å². The molecule has 9 heteroatoms. The molecule has 2 amide bonds. The quantitative estimate of drug-likeness (QED) is 0.450. The molecule has 3 rings (SSSR count). The van der Waals surface area contributed by atoms with E-state index in [0.717, 1.165) is 22.1 Å². The Morgan fingerprint density at radius 3 is 2.82 bits per heavy atom. The summed E-state index contributed by atoms with van der Waals surface area (Å²) in [5.41, 5.74) is 3.82. The zero-order chi connectivity index (χ0) is 20.1. The Morgan fingerprint density at radius 1 is 1.32 bits per heavy atom. The third-order valence-corrected chi connectivity index (χ3v) is 4.73. The van der Waals surface area contributed by atoms with E-state index >= 15 is 0 Å². The van der Waals surface area contributed by atoms with Gasteiger partial charge in [0.1, 0.15) is 5.82 Å². The van der Waals surface area contributed by atoms with Crippen molar-refractivity contribution in [3.63, 3.8) is 0 Å². The van der Waals surface area contributed by atoms with Gasteiger partial charge in [0, 0.05) is 37.6 Å². The van der Waals surface area contributed by atoms with Gasteiger partial charge in [0.05, 0.1) is 28.6 Å². The Hall–Kier alpha value is -3.33. The zero-order valence-electron chi connectivity index (χ0n) is 15.8. The number of urea groups is 1. The number of hydrogen-bond donors (Lipinski definition) is 4. The van der Waals surface area contributed by atoms with Crippen LogP contribution >= 0.6 is 11.3 Å². The maximum atomic E-state index is 12.2. The highest BCUT2D eigenvalue weighted by atomic mass is 32.1. The molecule has 8 nitrogen and oxygen atoms in total. The second-order valence-corrected chi connectivity index (χ2v) is 7.29. The number of carbonyl (C=O) groups excluding carboxylic acids is 1. The van der Waals surface area contributed by atoms with Crippen LogP contribution in [-0.4, -0.2) is 27.2 Å².